The SMILES string of the molecule is CCc1nn(C)c(CN2CCc3sccc3C2)c1Br. The van der Waals surface area contributed by atoms with Crippen LogP contribution in [-0.2, 0) is 33.0 Å². The molecule has 5 heteroatoms. The van der Waals surface area contributed by atoms with Gasteiger partial charge >= 0.3 is 0 Å². The zero-order chi connectivity index (χ0) is 13.4. The zero-order valence-corrected chi connectivity index (χ0v) is 13.7. The largest absolute Gasteiger partial charge is 0.293 e. The second-order valence-corrected chi connectivity index (χ2v) is 6.81. The first-order valence-corrected chi connectivity index (χ1v) is 8.34. The Morgan fingerprint density at radius 1 is 1.47 bits per heavy atom. The second-order valence-electron chi connectivity index (χ2n) is 5.01. The first-order valence-electron chi connectivity index (χ1n) is 6.67. The molecule has 3 heterocycles. The van der Waals surface area contributed by atoms with Gasteiger partial charge in [0.05, 0.1) is 15.9 Å². The van der Waals surface area contributed by atoms with Crippen LogP contribution in [0.5, 0.6) is 0 Å². The molecule has 0 unspecified atom stereocenters. The second kappa shape index (κ2) is 5.38. The molecule has 0 bridgehead atoms. The normalized spacial score (nSPS) is 15.7. The number of rotatable bonds is 3. The predicted molar refractivity (Wildman–Crippen MR) is 82.4 cm³/mol. The van der Waals surface area contributed by atoms with E-state index in [-0.39, 0.29) is 0 Å². The van der Waals surface area contributed by atoms with E-state index in [9.17, 15) is 0 Å². The molecule has 0 atom stereocenters. The molecule has 3 nitrogen and oxygen atoms in total. The number of thiophene rings is 1. The number of halogens is 1. The highest BCUT2D eigenvalue weighted by atomic mass is 79.9. The van der Waals surface area contributed by atoms with Crippen LogP contribution in [0.3, 0.4) is 0 Å². The Morgan fingerprint density at radius 2 is 2.32 bits per heavy atom. The van der Waals surface area contributed by atoms with Gasteiger partial charge in [0.25, 0.3) is 0 Å². The molecule has 0 spiro atoms. The topological polar surface area (TPSA) is 21.1 Å². The fraction of sp³-hybridized carbons (Fsp3) is 0.500. The van der Waals surface area contributed by atoms with E-state index >= 15 is 0 Å². The summed E-state index contributed by atoms with van der Waals surface area (Å²) in [4.78, 5) is 4.07. The van der Waals surface area contributed by atoms with Crippen molar-refractivity contribution in [1.29, 1.82) is 0 Å². The molecule has 2 aromatic heterocycles. The first-order chi connectivity index (χ1) is 9.19. The van der Waals surface area contributed by atoms with Crippen molar-refractivity contribution in [2.75, 3.05) is 6.54 Å². The average Bonchev–Trinajstić information content (AvgIpc) is 2.97. The molecule has 2 aromatic rings. The highest BCUT2D eigenvalue weighted by Gasteiger charge is 2.20. The number of aromatic nitrogens is 2. The Hall–Kier alpha value is -0.650. The summed E-state index contributed by atoms with van der Waals surface area (Å²) in [6.07, 6.45) is 2.16. The first kappa shape index (κ1) is 13.3. The Morgan fingerprint density at radius 3 is 3.05 bits per heavy atom. The summed E-state index contributed by atoms with van der Waals surface area (Å²) in [6.45, 7) is 5.33. The number of fused-ring (bicyclic) bond motifs is 1. The smallest absolute Gasteiger partial charge is 0.0767 e. The van der Waals surface area contributed by atoms with Crippen molar-refractivity contribution in [2.24, 2.45) is 7.05 Å². The van der Waals surface area contributed by atoms with Gasteiger partial charge in [-0.2, -0.15) is 5.10 Å². The number of aryl methyl sites for hydroxylation is 2. The van der Waals surface area contributed by atoms with Crippen LogP contribution in [0, 0.1) is 0 Å². The van der Waals surface area contributed by atoms with Crippen molar-refractivity contribution in [3.8, 4) is 0 Å². The fourth-order valence-electron chi connectivity index (χ4n) is 2.65. The van der Waals surface area contributed by atoms with Gasteiger partial charge in [0.15, 0.2) is 0 Å². The molecule has 0 radical (unpaired) electrons. The van der Waals surface area contributed by atoms with Crippen LogP contribution in [0.1, 0.15) is 28.8 Å². The molecule has 102 valence electrons. The molecular formula is C14H18BrN3S. The van der Waals surface area contributed by atoms with Crippen molar-refractivity contribution < 1.29 is 0 Å². The molecular weight excluding hydrogens is 322 g/mol. The van der Waals surface area contributed by atoms with Crippen LogP contribution in [-0.4, -0.2) is 21.2 Å². The molecule has 19 heavy (non-hydrogen) atoms. The number of hydrogen-bond donors (Lipinski definition) is 0. The van der Waals surface area contributed by atoms with Gasteiger partial charge in [-0.15, -0.1) is 11.3 Å². The lowest BCUT2D eigenvalue weighted by atomic mass is 10.1. The molecule has 1 aliphatic heterocycles. The van der Waals surface area contributed by atoms with Crippen LogP contribution >= 0.6 is 27.3 Å². The van der Waals surface area contributed by atoms with E-state index in [0.717, 1.165) is 31.7 Å². The summed E-state index contributed by atoms with van der Waals surface area (Å²) in [5.41, 5.74) is 3.95. The highest BCUT2D eigenvalue weighted by Crippen LogP contribution is 2.27. The number of hydrogen-bond acceptors (Lipinski definition) is 3. The van der Waals surface area contributed by atoms with Crippen molar-refractivity contribution in [2.45, 2.75) is 32.9 Å². The summed E-state index contributed by atoms with van der Waals surface area (Å²) in [6, 6.07) is 2.27. The zero-order valence-electron chi connectivity index (χ0n) is 11.3. The molecule has 0 N–H and O–H groups in total. The summed E-state index contributed by atoms with van der Waals surface area (Å²) in [5, 5.41) is 6.79. The lowest BCUT2D eigenvalue weighted by Gasteiger charge is -2.26. The van der Waals surface area contributed by atoms with Gasteiger partial charge in [-0.3, -0.25) is 9.58 Å². The van der Waals surface area contributed by atoms with E-state index in [2.05, 4.69) is 44.3 Å². The maximum atomic E-state index is 4.57. The third-order valence-corrected chi connectivity index (χ3v) is 5.70. The van der Waals surface area contributed by atoms with Crippen LogP contribution in [0.4, 0.5) is 0 Å². The van der Waals surface area contributed by atoms with Gasteiger partial charge in [0, 0.05) is 31.6 Å². The van der Waals surface area contributed by atoms with E-state index in [4.69, 9.17) is 0 Å². The van der Waals surface area contributed by atoms with Crippen molar-refractivity contribution in [3.05, 3.63) is 37.7 Å². The van der Waals surface area contributed by atoms with E-state index < -0.39 is 0 Å². The predicted octanol–water partition coefficient (Wildman–Crippen LogP) is 3.36. The molecule has 0 aliphatic carbocycles. The van der Waals surface area contributed by atoms with Crippen molar-refractivity contribution in [1.82, 2.24) is 14.7 Å². The monoisotopic (exact) mass is 339 g/mol. The minimum absolute atomic E-state index is 0.972. The third kappa shape index (κ3) is 2.51. The highest BCUT2D eigenvalue weighted by molar-refractivity contribution is 9.10. The van der Waals surface area contributed by atoms with E-state index in [0.29, 0.717) is 0 Å². The molecule has 0 fully saturated rings. The Kier molecular flexibility index (Phi) is 3.78. The van der Waals surface area contributed by atoms with Crippen molar-refractivity contribution >= 4 is 27.3 Å². The quantitative estimate of drug-likeness (QED) is 0.854. The maximum Gasteiger partial charge on any atom is 0.0767 e. The van der Waals surface area contributed by atoms with Gasteiger partial charge in [-0.05, 0) is 45.8 Å². The standard InChI is InChI=1S/C14H18BrN3S/c1-3-11-14(15)12(17(2)16-11)9-18-6-4-13-10(8-18)5-7-19-13/h5,7H,3-4,6,8-9H2,1-2H3. The van der Waals surface area contributed by atoms with Gasteiger partial charge in [0.1, 0.15) is 0 Å². The minimum atomic E-state index is 0.972. The average molecular weight is 340 g/mol. The molecule has 0 aromatic carbocycles. The van der Waals surface area contributed by atoms with Crippen molar-refractivity contribution in [3.63, 3.8) is 0 Å². The molecule has 3 rings (SSSR count). The van der Waals surface area contributed by atoms with Gasteiger partial charge in [0.2, 0.25) is 0 Å². The lowest BCUT2D eigenvalue weighted by molar-refractivity contribution is 0.240. The Bertz CT molecular complexity index is 588. The molecule has 0 amide bonds. The van der Waals surface area contributed by atoms with Crippen LogP contribution < -0.4 is 0 Å². The Balaban J connectivity index is 1.78. The third-order valence-electron chi connectivity index (χ3n) is 3.76. The fourth-order valence-corrected chi connectivity index (χ4v) is 4.28. The summed E-state index contributed by atoms with van der Waals surface area (Å²) >= 11 is 5.60. The molecule has 1 aliphatic rings. The summed E-state index contributed by atoms with van der Waals surface area (Å²) in [5.74, 6) is 0. The van der Waals surface area contributed by atoms with Crippen LogP contribution in [0.25, 0.3) is 0 Å². The summed E-state index contributed by atoms with van der Waals surface area (Å²) < 4.78 is 3.21. The van der Waals surface area contributed by atoms with Crippen LogP contribution in [0.2, 0.25) is 0 Å². The van der Waals surface area contributed by atoms with E-state index in [1.54, 1.807) is 4.88 Å². The Labute approximate surface area is 126 Å². The van der Waals surface area contributed by atoms with E-state index in [1.165, 1.54) is 22.2 Å². The minimum Gasteiger partial charge on any atom is -0.293 e. The van der Waals surface area contributed by atoms with Crippen LogP contribution in [0.15, 0.2) is 15.9 Å². The maximum absolute atomic E-state index is 4.57. The summed E-state index contributed by atoms with van der Waals surface area (Å²) in [7, 11) is 2.04. The van der Waals surface area contributed by atoms with Gasteiger partial charge in [-0.1, -0.05) is 6.92 Å². The molecule has 0 saturated heterocycles. The van der Waals surface area contributed by atoms with E-state index in [1.807, 2.05) is 23.1 Å². The lowest BCUT2D eigenvalue weighted by Crippen LogP contribution is -2.30. The van der Waals surface area contributed by atoms with Gasteiger partial charge < -0.3 is 0 Å². The molecule has 0 saturated carbocycles. The number of nitrogens with zero attached hydrogens (tertiary/aromatic N) is 3. The van der Waals surface area contributed by atoms with Gasteiger partial charge in [-0.25, -0.2) is 0 Å².